The van der Waals surface area contributed by atoms with E-state index >= 15 is 0 Å². The van der Waals surface area contributed by atoms with E-state index in [1.54, 1.807) is 19.9 Å². The summed E-state index contributed by atoms with van der Waals surface area (Å²) in [6, 6.07) is 8.44. The molecule has 3 aromatic rings. The summed E-state index contributed by atoms with van der Waals surface area (Å²) in [6.07, 6.45) is 0. The maximum Gasteiger partial charge on any atom is 1.00 e. The molecule has 0 aromatic heterocycles. The van der Waals surface area contributed by atoms with Crippen molar-refractivity contribution in [3.63, 3.8) is 0 Å². The van der Waals surface area contributed by atoms with Gasteiger partial charge in [-0.2, -0.15) is 8.42 Å². The Balaban J connectivity index is 0.00000385. The van der Waals surface area contributed by atoms with Crippen molar-refractivity contribution in [1.82, 2.24) is 0 Å². The van der Waals surface area contributed by atoms with Crippen LogP contribution in [0.4, 0.5) is 0 Å². The minimum Gasteiger partial charge on any atom is -0.871 e. The number of aliphatic hydroxyl groups is 1. The van der Waals surface area contributed by atoms with E-state index in [0.29, 0.717) is 15.6 Å². The van der Waals surface area contributed by atoms with Crippen LogP contribution in [-0.4, -0.2) is 23.2 Å². The Hall–Kier alpha value is 0.0500. The number of benzene rings is 3. The van der Waals surface area contributed by atoms with Gasteiger partial charge in [-0.15, -0.1) is 0 Å². The second-order valence-corrected chi connectivity index (χ2v) is 11.8. The van der Waals surface area contributed by atoms with E-state index in [1.165, 1.54) is 24.3 Å². The van der Waals surface area contributed by atoms with Crippen LogP contribution in [0.2, 0.25) is 0 Å². The molecule has 6 nitrogen and oxygen atoms in total. The van der Waals surface area contributed by atoms with Crippen molar-refractivity contribution in [3.8, 4) is 11.5 Å². The number of phenols is 1. The SMILES string of the molecule is Cc1cc(Br)c([O-])c(Br)c1C(O)(c1ccccc1S(=O)(=O)O)c1c(C)cc(Br)c(O)c1Br.[Na+]. The van der Waals surface area contributed by atoms with E-state index in [-0.39, 0.29) is 65.4 Å². The fraction of sp³-hybridized carbons (Fsp3) is 0.143. The van der Waals surface area contributed by atoms with Crippen LogP contribution in [0.1, 0.15) is 27.8 Å². The monoisotopic (exact) mass is 734 g/mol. The van der Waals surface area contributed by atoms with E-state index in [4.69, 9.17) is 0 Å². The van der Waals surface area contributed by atoms with Gasteiger partial charge in [0.1, 0.15) is 16.2 Å². The minimum absolute atomic E-state index is 0. The number of hydrogen-bond donors (Lipinski definition) is 3. The molecule has 0 saturated carbocycles. The number of halogens is 4. The van der Waals surface area contributed by atoms with Gasteiger partial charge in [-0.1, -0.05) is 55.8 Å². The van der Waals surface area contributed by atoms with E-state index < -0.39 is 26.4 Å². The molecule has 0 saturated heterocycles. The molecule has 1 atom stereocenters. The summed E-state index contributed by atoms with van der Waals surface area (Å²) in [5.74, 6) is -0.704. The molecule has 0 aliphatic heterocycles. The Morgan fingerprint density at radius 1 is 0.909 bits per heavy atom. The number of aromatic hydroxyl groups is 1. The van der Waals surface area contributed by atoms with Crippen molar-refractivity contribution in [2.24, 2.45) is 0 Å². The Kier molecular flexibility index (Phi) is 9.39. The van der Waals surface area contributed by atoms with E-state index in [9.17, 15) is 28.3 Å². The smallest absolute Gasteiger partial charge is 0.871 e. The van der Waals surface area contributed by atoms with Gasteiger partial charge < -0.3 is 15.3 Å². The quantitative estimate of drug-likeness (QED) is 0.216. The molecule has 3 aromatic carbocycles. The molecule has 0 heterocycles. The van der Waals surface area contributed by atoms with Gasteiger partial charge in [0.05, 0.1) is 8.95 Å². The zero-order valence-electron chi connectivity index (χ0n) is 17.5. The van der Waals surface area contributed by atoms with Crippen LogP contribution in [0.15, 0.2) is 59.2 Å². The van der Waals surface area contributed by atoms with Gasteiger partial charge in [-0.3, -0.25) is 4.55 Å². The topological polar surface area (TPSA) is 118 Å². The summed E-state index contributed by atoms with van der Waals surface area (Å²) in [4.78, 5) is -0.544. The first-order valence-electron chi connectivity index (χ1n) is 8.86. The minimum atomic E-state index is -4.77. The van der Waals surface area contributed by atoms with Crippen LogP contribution in [0.3, 0.4) is 0 Å². The first-order valence-corrected chi connectivity index (χ1v) is 13.5. The number of phenolic OH excluding ortho intramolecular Hbond substituents is 1. The summed E-state index contributed by atoms with van der Waals surface area (Å²) >= 11 is 13.0. The molecule has 3 N–H and O–H groups in total. The molecule has 0 spiro atoms. The van der Waals surface area contributed by atoms with Gasteiger partial charge in [-0.05, 0) is 75.0 Å². The Bertz CT molecular complexity index is 1300. The van der Waals surface area contributed by atoms with Crippen molar-refractivity contribution in [1.29, 1.82) is 0 Å². The standard InChI is InChI=1S/C21H16Br4O6S.Na/c1-9-7-12(22)19(26)17(24)15(9)21(28,11-5-3-4-6-14(11)32(29,30)31)16-10(2)8-13(23)20(27)18(16)25;/h3-8,26-28H,1-2H3,(H,29,30,31);/q;+1/p-1. The van der Waals surface area contributed by atoms with Crippen molar-refractivity contribution in [3.05, 3.63) is 82.1 Å². The molecule has 0 aliphatic carbocycles. The van der Waals surface area contributed by atoms with Gasteiger partial charge in [-0.25, -0.2) is 0 Å². The number of hydrogen-bond acceptors (Lipinski definition) is 5. The van der Waals surface area contributed by atoms with Crippen molar-refractivity contribution in [2.45, 2.75) is 24.3 Å². The molecule has 170 valence electrons. The fourth-order valence-corrected chi connectivity index (χ4v) is 7.71. The average Bonchev–Trinajstić information content (AvgIpc) is 2.69. The maximum atomic E-state index is 12.8. The van der Waals surface area contributed by atoms with E-state index in [0.717, 1.165) is 6.07 Å². The Morgan fingerprint density at radius 2 is 1.39 bits per heavy atom. The van der Waals surface area contributed by atoms with E-state index in [1.807, 2.05) is 0 Å². The molecule has 1 unspecified atom stereocenters. The molecule has 0 aliphatic rings. The van der Waals surface area contributed by atoms with Gasteiger partial charge >= 0.3 is 29.6 Å². The Morgan fingerprint density at radius 3 is 1.94 bits per heavy atom. The molecule has 33 heavy (non-hydrogen) atoms. The van der Waals surface area contributed by atoms with Gasteiger partial charge in [0, 0.05) is 25.6 Å². The normalized spacial score (nSPS) is 13.3. The summed E-state index contributed by atoms with van der Waals surface area (Å²) in [5, 5.41) is 35.8. The molecule has 0 radical (unpaired) electrons. The van der Waals surface area contributed by atoms with Crippen LogP contribution >= 0.6 is 63.7 Å². The van der Waals surface area contributed by atoms with Crippen molar-refractivity contribution >= 4 is 73.8 Å². The number of aryl methyl sites for hydroxylation is 2. The predicted octanol–water partition coefficient (Wildman–Crippen LogP) is 2.67. The third-order valence-corrected chi connectivity index (χ3v) is 8.68. The van der Waals surface area contributed by atoms with E-state index in [2.05, 4.69) is 63.7 Å². The third kappa shape index (κ3) is 5.14. The largest absolute Gasteiger partial charge is 1.00 e. The predicted molar refractivity (Wildman–Crippen MR) is 133 cm³/mol. The third-order valence-electron chi connectivity index (χ3n) is 5.04. The molecule has 3 rings (SSSR count). The van der Waals surface area contributed by atoms with Gasteiger partial charge in [0.25, 0.3) is 10.1 Å². The van der Waals surface area contributed by atoms with Gasteiger partial charge in [0.2, 0.25) is 0 Å². The molecule has 0 fully saturated rings. The second-order valence-electron chi connectivity index (χ2n) is 7.09. The van der Waals surface area contributed by atoms with Crippen LogP contribution in [0, 0.1) is 13.8 Å². The molecule has 12 heteroatoms. The summed E-state index contributed by atoms with van der Waals surface area (Å²) in [5.41, 5.74) is -1.40. The summed E-state index contributed by atoms with van der Waals surface area (Å²) in [7, 11) is -4.77. The van der Waals surface area contributed by atoms with Crippen LogP contribution in [0.25, 0.3) is 0 Å². The second kappa shape index (κ2) is 10.6. The zero-order chi connectivity index (χ0) is 24.2. The molecular formula is C21H15Br4NaO6S. The first-order chi connectivity index (χ1) is 14.7. The summed E-state index contributed by atoms with van der Waals surface area (Å²) < 4.78 is 35.0. The average molecular weight is 738 g/mol. The van der Waals surface area contributed by atoms with Crippen LogP contribution in [-0.2, 0) is 15.7 Å². The van der Waals surface area contributed by atoms with Crippen LogP contribution < -0.4 is 34.7 Å². The van der Waals surface area contributed by atoms with Crippen molar-refractivity contribution in [2.75, 3.05) is 0 Å². The van der Waals surface area contributed by atoms with Crippen molar-refractivity contribution < 1.29 is 57.8 Å². The molecular weight excluding hydrogens is 723 g/mol. The number of rotatable bonds is 4. The summed E-state index contributed by atoms with van der Waals surface area (Å²) in [6.45, 7) is 3.30. The Labute approximate surface area is 247 Å². The molecule has 0 amide bonds. The first kappa shape index (κ1) is 29.3. The fourth-order valence-electron chi connectivity index (χ4n) is 3.72. The zero-order valence-corrected chi connectivity index (χ0v) is 26.6. The molecule has 0 bridgehead atoms. The maximum absolute atomic E-state index is 12.8. The van der Waals surface area contributed by atoms with Crippen LogP contribution in [0.5, 0.6) is 11.5 Å². The van der Waals surface area contributed by atoms with Gasteiger partial charge in [0.15, 0.2) is 0 Å².